The fraction of sp³-hybridized carbons (Fsp3) is 0.333. The van der Waals surface area contributed by atoms with E-state index < -0.39 is 11.9 Å². The lowest BCUT2D eigenvalue weighted by molar-refractivity contribution is 0.0599. The average molecular weight is 396 g/mol. The zero-order valence-corrected chi connectivity index (χ0v) is 16.6. The van der Waals surface area contributed by atoms with E-state index in [1.54, 1.807) is 47.4 Å². The third-order valence-electron chi connectivity index (χ3n) is 4.87. The standard InChI is InChI=1S/C21H24N4O4/c1-3-24-11-13-25(14-12-24)20(27)18-6-4-5-17(23-18)19(26)22-16-9-7-15(8-10-16)21(28)29-2/h4-10H,3,11-14H2,1-2H3,(H,22,26). The molecule has 2 aromatic rings. The van der Waals surface area contributed by atoms with E-state index in [1.807, 2.05) is 0 Å². The number of nitrogens with zero attached hydrogens (tertiary/aromatic N) is 3. The van der Waals surface area contributed by atoms with Gasteiger partial charge in [-0.3, -0.25) is 9.59 Å². The Hall–Kier alpha value is -3.26. The number of hydrogen-bond donors (Lipinski definition) is 1. The van der Waals surface area contributed by atoms with Gasteiger partial charge in [0.15, 0.2) is 0 Å². The minimum absolute atomic E-state index is 0.153. The van der Waals surface area contributed by atoms with Crippen LogP contribution in [0.25, 0.3) is 0 Å². The van der Waals surface area contributed by atoms with Crippen LogP contribution in [0.15, 0.2) is 42.5 Å². The Morgan fingerprint density at radius 2 is 1.66 bits per heavy atom. The summed E-state index contributed by atoms with van der Waals surface area (Å²) >= 11 is 0. The number of methoxy groups -OCH3 is 1. The van der Waals surface area contributed by atoms with Gasteiger partial charge in [0.2, 0.25) is 0 Å². The summed E-state index contributed by atoms with van der Waals surface area (Å²) in [6.07, 6.45) is 0. The summed E-state index contributed by atoms with van der Waals surface area (Å²) in [5, 5.41) is 2.72. The number of anilines is 1. The van der Waals surface area contributed by atoms with Crippen LogP contribution in [0.2, 0.25) is 0 Å². The second-order valence-corrected chi connectivity index (χ2v) is 6.66. The van der Waals surface area contributed by atoms with Gasteiger partial charge in [-0.2, -0.15) is 0 Å². The van der Waals surface area contributed by atoms with Crippen LogP contribution in [0.4, 0.5) is 5.69 Å². The van der Waals surface area contributed by atoms with Crippen molar-refractivity contribution in [2.75, 3.05) is 45.2 Å². The fourth-order valence-electron chi connectivity index (χ4n) is 3.11. The monoisotopic (exact) mass is 396 g/mol. The van der Waals surface area contributed by atoms with Crippen molar-refractivity contribution in [1.82, 2.24) is 14.8 Å². The van der Waals surface area contributed by atoms with Gasteiger partial charge >= 0.3 is 5.97 Å². The van der Waals surface area contributed by atoms with E-state index in [9.17, 15) is 14.4 Å². The van der Waals surface area contributed by atoms with E-state index in [0.29, 0.717) is 24.3 Å². The molecule has 0 atom stereocenters. The summed E-state index contributed by atoms with van der Waals surface area (Å²) < 4.78 is 4.65. The molecule has 8 nitrogen and oxygen atoms in total. The van der Waals surface area contributed by atoms with Crippen molar-refractivity contribution in [3.8, 4) is 0 Å². The topological polar surface area (TPSA) is 91.8 Å². The number of pyridine rings is 1. The van der Waals surface area contributed by atoms with E-state index in [0.717, 1.165) is 19.6 Å². The SMILES string of the molecule is CCN1CCN(C(=O)c2cccc(C(=O)Nc3ccc(C(=O)OC)cc3)n2)CC1. The maximum atomic E-state index is 12.7. The van der Waals surface area contributed by atoms with Crippen LogP contribution in [0.3, 0.4) is 0 Å². The van der Waals surface area contributed by atoms with Crippen molar-refractivity contribution in [3.63, 3.8) is 0 Å². The molecule has 2 heterocycles. The number of likely N-dealkylation sites (N-methyl/N-ethyl adjacent to an activating group) is 1. The average Bonchev–Trinajstić information content (AvgIpc) is 2.78. The first kappa shape index (κ1) is 20.5. The number of piperazine rings is 1. The molecule has 1 aliphatic heterocycles. The summed E-state index contributed by atoms with van der Waals surface area (Å²) in [5.41, 5.74) is 1.31. The number of ether oxygens (including phenoxy) is 1. The molecule has 2 amide bonds. The molecule has 8 heteroatoms. The van der Waals surface area contributed by atoms with Gasteiger partial charge in [-0.15, -0.1) is 0 Å². The molecule has 29 heavy (non-hydrogen) atoms. The minimum Gasteiger partial charge on any atom is -0.465 e. The quantitative estimate of drug-likeness (QED) is 0.776. The number of aromatic nitrogens is 1. The van der Waals surface area contributed by atoms with Crippen molar-refractivity contribution >= 4 is 23.5 Å². The van der Waals surface area contributed by atoms with Crippen LogP contribution in [-0.4, -0.2) is 72.4 Å². The number of amides is 2. The smallest absolute Gasteiger partial charge is 0.337 e. The molecule has 0 radical (unpaired) electrons. The van der Waals surface area contributed by atoms with Crippen LogP contribution in [-0.2, 0) is 4.74 Å². The van der Waals surface area contributed by atoms with Crippen molar-refractivity contribution in [2.24, 2.45) is 0 Å². The maximum absolute atomic E-state index is 12.7. The van der Waals surface area contributed by atoms with Crippen LogP contribution in [0.1, 0.15) is 38.3 Å². The highest BCUT2D eigenvalue weighted by molar-refractivity contribution is 6.04. The van der Waals surface area contributed by atoms with Gasteiger partial charge in [-0.05, 0) is 42.9 Å². The molecule has 0 aliphatic carbocycles. The van der Waals surface area contributed by atoms with Gasteiger partial charge in [0.25, 0.3) is 11.8 Å². The maximum Gasteiger partial charge on any atom is 0.337 e. The van der Waals surface area contributed by atoms with Crippen LogP contribution in [0.5, 0.6) is 0 Å². The lowest BCUT2D eigenvalue weighted by Gasteiger charge is -2.33. The largest absolute Gasteiger partial charge is 0.465 e. The Morgan fingerprint density at radius 3 is 2.28 bits per heavy atom. The molecule has 1 N–H and O–H groups in total. The molecule has 152 valence electrons. The molecule has 1 saturated heterocycles. The zero-order valence-electron chi connectivity index (χ0n) is 16.6. The molecule has 1 aromatic heterocycles. The predicted molar refractivity (Wildman–Crippen MR) is 108 cm³/mol. The Kier molecular flexibility index (Phi) is 6.56. The summed E-state index contributed by atoms with van der Waals surface area (Å²) in [5.74, 6) is -1.05. The first-order valence-corrected chi connectivity index (χ1v) is 9.50. The Bertz CT molecular complexity index is 890. The molecule has 3 rings (SSSR count). The second kappa shape index (κ2) is 9.29. The summed E-state index contributed by atoms with van der Waals surface area (Å²) in [4.78, 5) is 45.0. The number of nitrogens with one attached hydrogen (secondary N) is 1. The first-order chi connectivity index (χ1) is 14.0. The minimum atomic E-state index is -0.449. The molecule has 1 fully saturated rings. The molecule has 1 aromatic carbocycles. The Morgan fingerprint density at radius 1 is 1.00 bits per heavy atom. The molecule has 0 bridgehead atoms. The highest BCUT2D eigenvalue weighted by Crippen LogP contribution is 2.13. The number of carbonyl (C=O) groups is 3. The normalized spacial score (nSPS) is 14.3. The first-order valence-electron chi connectivity index (χ1n) is 9.50. The van der Waals surface area contributed by atoms with Crippen molar-refractivity contribution in [1.29, 1.82) is 0 Å². The van der Waals surface area contributed by atoms with Gasteiger partial charge in [0.05, 0.1) is 12.7 Å². The van der Waals surface area contributed by atoms with Crippen molar-refractivity contribution in [3.05, 3.63) is 59.4 Å². The fourth-order valence-corrected chi connectivity index (χ4v) is 3.11. The van der Waals surface area contributed by atoms with E-state index in [2.05, 4.69) is 26.9 Å². The molecule has 1 aliphatic rings. The molecule has 0 saturated carbocycles. The zero-order chi connectivity index (χ0) is 20.8. The lowest BCUT2D eigenvalue weighted by Crippen LogP contribution is -2.48. The van der Waals surface area contributed by atoms with E-state index in [4.69, 9.17) is 0 Å². The number of benzene rings is 1. The third-order valence-corrected chi connectivity index (χ3v) is 4.87. The highest BCUT2D eigenvalue weighted by Gasteiger charge is 2.23. The summed E-state index contributed by atoms with van der Waals surface area (Å²) in [6.45, 7) is 6.04. The summed E-state index contributed by atoms with van der Waals surface area (Å²) in [6, 6.07) is 11.2. The van der Waals surface area contributed by atoms with Crippen molar-refractivity contribution in [2.45, 2.75) is 6.92 Å². The van der Waals surface area contributed by atoms with E-state index >= 15 is 0 Å². The second-order valence-electron chi connectivity index (χ2n) is 6.66. The number of rotatable bonds is 5. The third kappa shape index (κ3) is 4.97. The molecular weight excluding hydrogens is 372 g/mol. The van der Waals surface area contributed by atoms with Crippen LogP contribution >= 0.6 is 0 Å². The summed E-state index contributed by atoms with van der Waals surface area (Å²) in [7, 11) is 1.31. The molecular formula is C21H24N4O4. The highest BCUT2D eigenvalue weighted by atomic mass is 16.5. The van der Waals surface area contributed by atoms with E-state index in [-0.39, 0.29) is 17.3 Å². The van der Waals surface area contributed by atoms with Gasteiger partial charge in [0.1, 0.15) is 11.4 Å². The van der Waals surface area contributed by atoms with Crippen molar-refractivity contribution < 1.29 is 19.1 Å². The number of esters is 1. The van der Waals surface area contributed by atoms with E-state index in [1.165, 1.54) is 7.11 Å². The van der Waals surface area contributed by atoms with Gasteiger partial charge < -0.3 is 19.9 Å². The molecule has 0 spiro atoms. The predicted octanol–water partition coefficient (Wildman–Crippen LogP) is 1.90. The van der Waals surface area contributed by atoms with Gasteiger partial charge in [0, 0.05) is 31.9 Å². The van der Waals surface area contributed by atoms with Gasteiger partial charge in [-0.25, -0.2) is 9.78 Å². The van der Waals surface area contributed by atoms with Crippen LogP contribution in [0, 0.1) is 0 Å². The molecule has 0 unspecified atom stereocenters. The lowest BCUT2D eigenvalue weighted by atomic mass is 10.2. The Balaban J connectivity index is 1.66. The number of carbonyl (C=O) groups excluding carboxylic acids is 3. The van der Waals surface area contributed by atoms with Gasteiger partial charge in [-0.1, -0.05) is 13.0 Å². The number of hydrogen-bond acceptors (Lipinski definition) is 6. The van der Waals surface area contributed by atoms with Crippen LogP contribution < -0.4 is 5.32 Å². The Labute approximate surface area is 169 Å².